The summed E-state index contributed by atoms with van der Waals surface area (Å²) in [6, 6.07) is 21.8. The number of fused-ring (bicyclic) bond motifs is 1. The van der Waals surface area contributed by atoms with Crippen LogP contribution in [0.5, 0.6) is 11.5 Å². The molecule has 0 aliphatic rings. The lowest BCUT2D eigenvalue weighted by molar-refractivity contribution is 0.0476. The minimum Gasteiger partial charge on any atom is -0.497 e. The predicted octanol–water partition coefficient (Wildman–Crippen LogP) is 5.27. The van der Waals surface area contributed by atoms with Gasteiger partial charge in [-0.05, 0) is 31.2 Å². The zero-order valence-electron chi connectivity index (χ0n) is 18.6. The van der Waals surface area contributed by atoms with Gasteiger partial charge in [0.15, 0.2) is 6.61 Å². The SMILES string of the molecule is COc1ccc(C(=O)COC(=O)c2cc(-c3ccc(C)cc3)nc3ccccc23)c(OC)c1. The van der Waals surface area contributed by atoms with Gasteiger partial charge in [0.05, 0.1) is 36.6 Å². The number of ketones is 1. The Bertz CT molecular complexity index is 1330. The van der Waals surface area contributed by atoms with Crippen LogP contribution < -0.4 is 9.47 Å². The number of benzene rings is 3. The van der Waals surface area contributed by atoms with E-state index in [-0.39, 0.29) is 5.78 Å². The lowest BCUT2D eigenvalue weighted by Crippen LogP contribution is -2.15. The highest BCUT2D eigenvalue weighted by Gasteiger charge is 2.19. The number of ether oxygens (including phenoxy) is 3. The first kappa shape index (κ1) is 22.0. The number of hydrogen-bond acceptors (Lipinski definition) is 6. The molecule has 0 amide bonds. The first-order valence-electron chi connectivity index (χ1n) is 10.4. The summed E-state index contributed by atoms with van der Waals surface area (Å²) in [5.41, 5.74) is 4.01. The molecule has 0 unspecified atom stereocenters. The number of aromatic nitrogens is 1. The molecule has 166 valence electrons. The first-order valence-corrected chi connectivity index (χ1v) is 10.4. The van der Waals surface area contributed by atoms with Crippen molar-refractivity contribution in [3.05, 3.63) is 89.5 Å². The summed E-state index contributed by atoms with van der Waals surface area (Å²) in [5.74, 6) is -0.0542. The fourth-order valence-electron chi connectivity index (χ4n) is 3.53. The zero-order valence-corrected chi connectivity index (χ0v) is 18.6. The molecule has 0 saturated heterocycles. The van der Waals surface area contributed by atoms with E-state index in [1.54, 1.807) is 24.3 Å². The second-order valence-corrected chi connectivity index (χ2v) is 7.50. The topological polar surface area (TPSA) is 74.7 Å². The summed E-state index contributed by atoms with van der Waals surface area (Å²) < 4.78 is 15.9. The molecule has 0 atom stereocenters. The monoisotopic (exact) mass is 441 g/mol. The van der Waals surface area contributed by atoms with E-state index in [4.69, 9.17) is 19.2 Å². The smallest absolute Gasteiger partial charge is 0.339 e. The summed E-state index contributed by atoms with van der Waals surface area (Å²) in [4.78, 5) is 30.5. The zero-order chi connectivity index (χ0) is 23.4. The summed E-state index contributed by atoms with van der Waals surface area (Å²) in [6.07, 6.45) is 0. The molecule has 3 aromatic carbocycles. The number of pyridine rings is 1. The van der Waals surface area contributed by atoms with Crippen molar-refractivity contribution < 1.29 is 23.8 Å². The Kier molecular flexibility index (Phi) is 6.36. The maximum absolute atomic E-state index is 13.0. The van der Waals surface area contributed by atoms with E-state index in [1.807, 2.05) is 55.5 Å². The number of aryl methyl sites for hydroxylation is 1. The van der Waals surface area contributed by atoms with Crippen molar-refractivity contribution in [1.82, 2.24) is 4.98 Å². The molecule has 0 aliphatic carbocycles. The molecule has 0 bridgehead atoms. The van der Waals surface area contributed by atoms with Gasteiger partial charge in [-0.25, -0.2) is 9.78 Å². The van der Waals surface area contributed by atoms with Crippen LogP contribution in [0.3, 0.4) is 0 Å². The lowest BCUT2D eigenvalue weighted by Gasteiger charge is -2.12. The number of methoxy groups -OCH3 is 2. The fraction of sp³-hybridized carbons (Fsp3) is 0.148. The molecule has 0 spiro atoms. The van der Waals surface area contributed by atoms with Gasteiger partial charge in [0.1, 0.15) is 11.5 Å². The van der Waals surface area contributed by atoms with Crippen LogP contribution in [0, 0.1) is 6.92 Å². The van der Waals surface area contributed by atoms with Crippen molar-refractivity contribution in [3.8, 4) is 22.8 Å². The number of carbonyl (C=O) groups is 2. The molecule has 0 saturated carbocycles. The van der Waals surface area contributed by atoms with Crippen molar-refractivity contribution in [3.63, 3.8) is 0 Å². The average molecular weight is 441 g/mol. The minimum absolute atomic E-state index is 0.311. The largest absolute Gasteiger partial charge is 0.497 e. The Morgan fingerprint density at radius 1 is 0.848 bits per heavy atom. The number of rotatable bonds is 7. The number of hydrogen-bond donors (Lipinski definition) is 0. The summed E-state index contributed by atoms with van der Waals surface area (Å²) >= 11 is 0. The van der Waals surface area contributed by atoms with Crippen molar-refractivity contribution >= 4 is 22.7 Å². The first-order chi connectivity index (χ1) is 16.0. The van der Waals surface area contributed by atoms with Gasteiger partial charge in [-0.15, -0.1) is 0 Å². The van der Waals surface area contributed by atoms with Crippen LogP contribution in [0.4, 0.5) is 0 Å². The average Bonchev–Trinajstić information content (AvgIpc) is 2.86. The van der Waals surface area contributed by atoms with Crippen LogP contribution in [-0.4, -0.2) is 37.6 Å². The fourth-order valence-corrected chi connectivity index (χ4v) is 3.53. The van der Waals surface area contributed by atoms with E-state index < -0.39 is 12.6 Å². The predicted molar refractivity (Wildman–Crippen MR) is 126 cm³/mol. The second kappa shape index (κ2) is 9.53. The summed E-state index contributed by atoms with van der Waals surface area (Å²) in [5, 5.41) is 0.660. The van der Waals surface area contributed by atoms with E-state index in [2.05, 4.69) is 0 Å². The van der Waals surface area contributed by atoms with E-state index in [9.17, 15) is 9.59 Å². The number of carbonyl (C=O) groups excluding carboxylic acids is 2. The number of esters is 1. The molecule has 4 aromatic rings. The third-order valence-electron chi connectivity index (χ3n) is 5.33. The van der Waals surface area contributed by atoms with Crippen molar-refractivity contribution in [2.24, 2.45) is 0 Å². The molecular weight excluding hydrogens is 418 g/mol. The van der Waals surface area contributed by atoms with Gasteiger partial charge in [-0.1, -0.05) is 48.0 Å². The van der Waals surface area contributed by atoms with E-state index in [0.29, 0.717) is 39.2 Å². The number of para-hydroxylation sites is 1. The molecule has 1 heterocycles. The third kappa shape index (κ3) is 4.70. The normalized spacial score (nSPS) is 10.6. The molecule has 0 aliphatic heterocycles. The van der Waals surface area contributed by atoms with Crippen LogP contribution in [0.1, 0.15) is 26.3 Å². The highest BCUT2D eigenvalue weighted by molar-refractivity contribution is 6.06. The number of Topliss-reactive ketones (excluding diaryl/α,β-unsaturated/α-hetero) is 1. The van der Waals surface area contributed by atoms with E-state index >= 15 is 0 Å². The highest BCUT2D eigenvalue weighted by Crippen LogP contribution is 2.27. The van der Waals surface area contributed by atoms with Crippen LogP contribution in [-0.2, 0) is 4.74 Å². The van der Waals surface area contributed by atoms with Crippen molar-refractivity contribution in [2.45, 2.75) is 6.92 Å². The van der Waals surface area contributed by atoms with Gasteiger partial charge in [0.25, 0.3) is 0 Å². The molecular formula is C27H23NO5. The van der Waals surface area contributed by atoms with E-state index in [1.165, 1.54) is 14.2 Å². The molecule has 33 heavy (non-hydrogen) atoms. The maximum atomic E-state index is 13.0. The Balaban J connectivity index is 1.61. The van der Waals surface area contributed by atoms with Gasteiger partial charge in [0, 0.05) is 17.0 Å². The van der Waals surface area contributed by atoms with Gasteiger partial charge < -0.3 is 14.2 Å². The standard InChI is InChI=1S/C27H23NO5/c1-17-8-10-18(11-9-17)24-15-22(20-6-4-5-7-23(20)28-24)27(30)33-16-25(29)21-13-12-19(31-2)14-26(21)32-3/h4-15H,16H2,1-3H3. The lowest BCUT2D eigenvalue weighted by atomic mass is 10.0. The van der Waals surface area contributed by atoms with Crippen LogP contribution in [0.15, 0.2) is 72.8 Å². The highest BCUT2D eigenvalue weighted by atomic mass is 16.5. The molecule has 0 radical (unpaired) electrons. The Hall–Kier alpha value is -4.19. The number of nitrogens with zero attached hydrogens (tertiary/aromatic N) is 1. The molecule has 6 nitrogen and oxygen atoms in total. The van der Waals surface area contributed by atoms with Gasteiger partial charge in [-0.2, -0.15) is 0 Å². The summed E-state index contributed by atoms with van der Waals surface area (Å²) in [6.45, 7) is 1.59. The van der Waals surface area contributed by atoms with Gasteiger partial charge in [0.2, 0.25) is 5.78 Å². The second-order valence-electron chi connectivity index (χ2n) is 7.50. The van der Waals surface area contributed by atoms with Crippen molar-refractivity contribution in [2.75, 3.05) is 20.8 Å². The Morgan fingerprint density at radius 2 is 1.61 bits per heavy atom. The summed E-state index contributed by atoms with van der Waals surface area (Å²) in [7, 11) is 3.00. The molecule has 0 N–H and O–H groups in total. The molecule has 6 heteroatoms. The van der Waals surface area contributed by atoms with Gasteiger partial charge in [-0.3, -0.25) is 4.79 Å². The van der Waals surface area contributed by atoms with Crippen LogP contribution in [0.25, 0.3) is 22.2 Å². The third-order valence-corrected chi connectivity index (χ3v) is 5.33. The molecule has 1 aromatic heterocycles. The van der Waals surface area contributed by atoms with Crippen LogP contribution in [0.2, 0.25) is 0 Å². The minimum atomic E-state index is -0.595. The molecule has 0 fully saturated rings. The van der Waals surface area contributed by atoms with Gasteiger partial charge >= 0.3 is 5.97 Å². The van der Waals surface area contributed by atoms with Crippen LogP contribution >= 0.6 is 0 Å². The Labute approximate surface area is 191 Å². The maximum Gasteiger partial charge on any atom is 0.339 e. The quantitative estimate of drug-likeness (QED) is 0.287. The molecule has 4 rings (SSSR count). The van der Waals surface area contributed by atoms with Crippen molar-refractivity contribution in [1.29, 1.82) is 0 Å². The Morgan fingerprint density at radius 3 is 2.33 bits per heavy atom. The van der Waals surface area contributed by atoms with E-state index in [0.717, 1.165) is 11.1 Å².